The number of benzene rings is 2. The van der Waals surface area contributed by atoms with Crippen LogP contribution in [0.25, 0.3) is 0 Å². The first-order valence-corrected chi connectivity index (χ1v) is 9.66. The topological polar surface area (TPSA) is 52.6 Å². The average molecular weight is 389 g/mol. The van der Waals surface area contributed by atoms with Crippen LogP contribution in [0.4, 0.5) is 0 Å². The van der Waals surface area contributed by atoms with Crippen molar-refractivity contribution < 1.29 is 19.1 Å². The van der Waals surface area contributed by atoms with Crippen LogP contribution in [0.1, 0.15) is 60.2 Å². The second-order valence-electron chi connectivity index (χ2n) is 6.40. The minimum absolute atomic E-state index is 0.180. The maximum absolute atomic E-state index is 12.5. The maximum atomic E-state index is 12.5. The number of halogens is 1. The molecule has 0 N–H and O–H groups in total. The zero-order chi connectivity index (χ0) is 19.6. The molecule has 2 rings (SSSR count). The summed E-state index contributed by atoms with van der Waals surface area (Å²) in [5.41, 5.74) is 0.390. The van der Waals surface area contributed by atoms with E-state index in [1.165, 1.54) is 0 Å². The first-order chi connectivity index (χ1) is 13.0. The fourth-order valence-corrected chi connectivity index (χ4v) is 2.80. The van der Waals surface area contributed by atoms with Gasteiger partial charge in [0.2, 0.25) is 0 Å². The smallest absolute Gasteiger partial charge is 0.344 e. The number of ether oxygens (including phenoxy) is 2. The summed E-state index contributed by atoms with van der Waals surface area (Å²) >= 11 is 5.83. The van der Waals surface area contributed by atoms with Crippen LogP contribution in [-0.2, 0) is 4.74 Å². The molecule has 0 radical (unpaired) electrons. The Morgan fingerprint density at radius 1 is 0.963 bits per heavy atom. The van der Waals surface area contributed by atoms with Gasteiger partial charge in [-0.25, -0.2) is 9.59 Å². The molecule has 0 spiro atoms. The molecule has 0 aliphatic carbocycles. The Bertz CT molecular complexity index is 755. The standard InChI is InChI=1S/C22H25ClO4/c1-3-5-8-16(4-2)15-26-21(24)19-9-6-7-10-20(19)22(25)27-18-13-11-17(23)12-14-18/h6-7,9-14,16H,3-5,8,15H2,1-2H3. The summed E-state index contributed by atoms with van der Waals surface area (Å²) in [6, 6.07) is 13.0. The molecular weight excluding hydrogens is 364 g/mol. The minimum atomic E-state index is -0.608. The Morgan fingerprint density at radius 3 is 2.19 bits per heavy atom. The van der Waals surface area contributed by atoms with Crippen molar-refractivity contribution in [2.24, 2.45) is 5.92 Å². The predicted molar refractivity (Wildman–Crippen MR) is 106 cm³/mol. The maximum Gasteiger partial charge on any atom is 0.344 e. The van der Waals surface area contributed by atoms with Crippen LogP contribution >= 0.6 is 11.6 Å². The molecule has 0 aliphatic rings. The monoisotopic (exact) mass is 388 g/mol. The summed E-state index contributed by atoms with van der Waals surface area (Å²) in [5, 5.41) is 0.548. The first-order valence-electron chi connectivity index (χ1n) is 9.29. The number of carbonyl (C=O) groups excluding carboxylic acids is 2. The molecule has 1 atom stereocenters. The van der Waals surface area contributed by atoms with Gasteiger partial charge in [0.1, 0.15) is 5.75 Å². The van der Waals surface area contributed by atoms with Gasteiger partial charge in [-0.3, -0.25) is 0 Å². The molecule has 2 aromatic rings. The summed E-state index contributed by atoms with van der Waals surface area (Å²) in [6.45, 7) is 4.59. The fourth-order valence-electron chi connectivity index (χ4n) is 2.67. The van der Waals surface area contributed by atoms with E-state index in [9.17, 15) is 9.59 Å². The van der Waals surface area contributed by atoms with E-state index in [0.29, 0.717) is 23.3 Å². The van der Waals surface area contributed by atoms with Crippen LogP contribution in [0.5, 0.6) is 5.75 Å². The first kappa shape index (κ1) is 21.0. The van der Waals surface area contributed by atoms with Crippen molar-refractivity contribution in [3.63, 3.8) is 0 Å². The number of unbranched alkanes of at least 4 members (excludes halogenated alkanes) is 1. The van der Waals surface area contributed by atoms with Crippen LogP contribution in [0.3, 0.4) is 0 Å². The summed E-state index contributed by atoms with van der Waals surface area (Å²) in [5.74, 6) is -0.420. The van der Waals surface area contributed by atoms with Crippen molar-refractivity contribution in [2.75, 3.05) is 6.61 Å². The number of esters is 2. The Morgan fingerprint density at radius 2 is 1.59 bits per heavy atom. The molecule has 4 nitrogen and oxygen atoms in total. The van der Waals surface area contributed by atoms with Gasteiger partial charge in [0, 0.05) is 5.02 Å². The third kappa shape index (κ3) is 6.40. The van der Waals surface area contributed by atoms with E-state index in [1.807, 2.05) is 0 Å². The van der Waals surface area contributed by atoms with Crippen LogP contribution in [0, 0.1) is 5.92 Å². The van der Waals surface area contributed by atoms with Crippen LogP contribution in [0.15, 0.2) is 48.5 Å². The van der Waals surface area contributed by atoms with Crippen molar-refractivity contribution in [1.82, 2.24) is 0 Å². The molecule has 5 heteroatoms. The minimum Gasteiger partial charge on any atom is -0.462 e. The Hall–Kier alpha value is -2.33. The second-order valence-corrected chi connectivity index (χ2v) is 6.84. The highest BCUT2D eigenvalue weighted by Crippen LogP contribution is 2.19. The molecule has 27 heavy (non-hydrogen) atoms. The van der Waals surface area contributed by atoms with Gasteiger partial charge in [0.25, 0.3) is 0 Å². The van der Waals surface area contributed by atoms with Crippen molar-refractivity contribution in [1.29, 1.82) is 0 Å². The van der Waals surface area contributed by atoms with Crippen LogP contribution in [0.2, 0.25) is 5.02 Å². The number of hydrogen-bond acceptors (Lipinski definition) is 4. The molecule has 0 amide bonds. The molecule has 0 fully saturated rings. The van der Waals surface area contributed by atoms with E-state index in [-0.39, 0.29) is 11.1 Å². The van der Waals surface area contributed by atoms with E-state index in [2.05, 4.69) is 13.8 Å². The van der Waals surface area contributed by atoms with E-state index in [4.69, 9.17) is 21.1 Å². The summed E-state index contributed by atoms with van der Waals surface area (Å²) < 4.78 is 10.8. The highest BCUT2D eigenvalue weighted by Gasteiger charge is 2.20. The third-order valence-electron chi connectivity index (χ3n) is 4.38. The average Bonchev–Trinajstić information content (AvgIpc) is 2.69. The van der Waals surface area contributed by atoms with Gasteiger partial charge in [-0.05, 0) is 48.7 Å². The fraction of sp³-hybridized carbons (Fsp3) is 0.364. The summed E-state index contributed by atoms with van der Waals surface area (Å²) in [6.07, 6.45) is 4.21. The van der Waals surface area contributed by atoms with Gasteiger partial charge >= 0.3 is 11.9 Å². The van der Waals surface area contributed by atoms with Crippen LogP contribution in [-0.4, -0.2) is 18.5 Å². The lowest BCUT2D eigenvalue weighted by molar-refractivity contribution is 0.0422. The zero-order valence-corrected chi connectivity index (χ0v) is 16.5. The van der Waals surface area contributed by atoms with Crippen molar-refractivity contribution >= 4 is 23.5 Å². The highest BCUT2D eigenvalue weighted by molar-refractivity contribution is 6.30. The molecule has 0 aliphatic heterocycles. The normalized spacial score (nSPS) is 11.7. The SMILES string of the molecule is CCCCC(CC)COC(=O)c1ccccc1C(=O)Oc1ccc(Cl)cc1. The lowest BCUT2D eigenvalue weighted by atomic mass is 10.0. The molecule has 0 heterocycles. The van der Waals surface area contributed by atoms with Gasteiger partial charge < -0.3 is 9.47 Å². The lowest BCUT2D eigenvalue weighted by Gasteiger charge is -2.15. The largest absolute Gasteiger partial charge is 0.462 e. The molecule has 2 aromatic carbocycles. The number of carbonyl (C=O) groups is 2. The quantitative estimate of drug-likeness (QED) is 0.394. The van der Waals surface area contributed by atoms with E-state index in [1.54, 1.807) is 48.5 Å². The Labute approximate surface area is 165 Å². The predicted octanol–water partition coefficient (Wildman–Crippen LogP) is 5.93. The van der Waals surface area contributed by atoms with Gasteiger partial charge in [0.05, 0.1) is 17.7 Å². The molecule has 0 saturated carbocycles. The van der Waals surface area contributed by atoms with Crippen LogP contribution < -0.4 is 4.74 Å². The third-order valence-corrected chi connectivity index (χ3v) is 4.64. The summed E-state index contributed by atoms with van der Waals surface area (Å²) in [4.78, 5) is 25.0. The highest BCUT2D eigenvalue weighted by atomic mass is 35.5. The Balaban J connectivity index is 2.06. The van der Waals surface area contributed by atoms with E-state index < -0.39 is 11.9 Å². The van der Waals surface area contributed by atoms with Crippen molar-refractivity contribution in [3.8, 4) is 5.75 Å². The number of rotatable bonds is 9. The molecule has 144 valence electrons. The molecule has 1 unspecified atom stereocenters. The van der Waals surface area contributed by atoms with Crippen molar-refractivity contribution in [2.45, 2.75) is 39.5 Å². The van der Waals surface area contributed by atoms with E-state index >= 15 is 0 Å². The summed E-state index contributed by atoms with van der Waals surface area (Å²) in [7, 11) is 0. The van der Waals surface area contributed by atoms with Gasteiger partial charge in [0.15, 0.2) is 0 Å². The Kier molecular flexibility index (Phi) is 8.34. The van der Waals surface area contributed by atoms with Gasteiger partial charge in [-0.1, -0.05) is 56.8 Å². The van der Waals surface area contributed by atoms with Gasteiger partial charge in [-0.15, -0.1) is 0 Å². The number of hydrogen-bond donors (Lipinski definition) is 0. The zero-order valence-electron chi connectivity index (χ0n) is 15.7. The molecule has 0 bridgehead atoms. The molecular formula is C22H25ClO4. The lowest BCUT2D eigenvalue weighted by Crippen LogP contribution is -2.18. The molecule has 0 saturated heterocycles. The van der Waals surface area contributed by atoms with Crippen molar-refractivity contribution in [3.05, 3.63) is 64.7 Å². The van der Waals surface area contributed by atoms with Gasteiger partial charge in [-0.2, -0.15) is 0 Å². The second kappa shape index (κ2) is 10.7. The molecule has 0 aromatic heterocycles. The van der Waals surface area contributed by atoms with E-state index in [0.717, 1.165) is 25.7 Å².